The van der Waals surface area contributed by atoms with Crippen molar-refractivity contribution < 1.29 is 0 Å². The quantitative estimate of drug-likeness (QED) is 0.378. The minimum absolute atomic E-state index is 0.706. The van der Waals surface area contributed by atoms with Crippen molar-refractivity contribution in [3.05, 3.63) is 63.7 Å². The van der Waals surface area contributed by atoms with Gasteiger partial charge in [0.2, 0.25) is 0 Å². The van der Waals surface area contributed by atoms with Crippen LogP contribution in [0.15, 0.2) is 53.1 Å². The van der Waals surface area contributed by atoms with E-state index in [1.165, 1.54) is 5.56 Å². The Balaban J connectivity index is 1.98. The number of unbranched alkanes of at least 4 members (excludes halogenated alkanes) is 1. The van der Waals surface area contributed by atoms with Crippen molar-refractivity contribution in [2.75, 3.05) is 6.54 Å². The van der Waals surface area contributed by atoms with E-state index in [0.717, 1.165) is 56.8 Å². The first-order valence-corrected chi connectivity index (χ1v) is 9.90. The van der Waals surface area contributed by atoms with E-state index in [1.54, 1.807) is 0 Å². The van der Waals surface area contributed by atoms with Crippen LogP contribution in [-0.2, 0) is 6.42 Å². The van der Waals surface area contributed by atoms with Crippen LogP contribution >= 0.6 is 27.5 Å². The van der Waals surface area contributed by atoms with E-state index in [-0.39, 0.29) is 0 Å². The number of rotatable bonds is 5. The smallest absolute Gasteiger partial charge is 0.0795 e. The summed E-state index contributed by atoms with van der Waals surface area (Å²) < 4.78 is 0.983. The number of aromatic amines is 1. The summed E-state index contributed by atoms with van der Waals surface area (Å²) in [6.45, 7) is 0.706. The van der Waals surface area contributed by atoms with Crippen LogP contribution in [-0.4, -0.2) is 16.5 Å². The van der Waals surface area contributed by atoms with Crippen molar-refractivity contribution in [2.45, 2.75) is 19.3 Å². The van der Waals surface area contributed by atoms with E-state index in [9.17, 15) is 0 Å². The Labute approximate surface area is 165 Å². The van der Waals surface area contributed by atoms with Gasteiger partial charge in [0.25, 0.3) is 0 Å². The number of aryl methyl sites for hydroxylation is 1. The van der Waals surface area contributed by atoms with Gasteiger partial charge in [0.15, 0.2) is 0 Å². The van der Waals surface area contributed by atoms with E-state index in [2.05, 4.69) is 56.2 Å². The molecule has 0 saturated carbocycles. The molecule has 0 spiro atoms. The zero-order valence-electron chi connectivity index (χ0n) is 14.2. The molecule has 0 radical (unpaired) electrons. The monoisotopic (exact) mass is 427 g/mol. The first kappa shape index (κ1) is 17.5. The summed E-state index contributed by atoms with van der Waals surface area (Å²) in [4.78, 5) is 8.19. The van der Waals surface area contributed by atoms with Gasteiger partial charge in [-0.15, -0.1) is 0 Å². The Morgan fingerprint density at radius 1 is 1.12 bits per heavy atom. The molecule has 3 nitrogen and oxygen atoms in total. The summed E-state index contributed by atoms with van der Waals surface area (Å²) in [6, 6.07) is 14.4. The van der Waals surface area contributed by atoms with Gasteiger partial charge in [-0.1, -0.05) is 51.8 Å². The minimum Gasteiger partial charge on any atom is -0.353 e. The summed E-state index contributed by atoms with van der Waals surface area (Å²) in [5.74, 6) is 0. The molecule has 5 heteroatoms. The Morgan fingerprint density at radius 3 is 2.81 bits per heavy atom. The topological polar surface area (TPSA) is 54.7 Å². The molecule has 0 unspecified atom stereocenters. The number of pyridine rings is 1. The summed E-state index contributed by atoms with van der Waals surface area (Å²) in [7, 11) is 0. The number of aromatic nitrogens is 2. The molecule has 0 atom stereocenters. The van der Waals surface area contributed by atoms with Crippen molar-refractivity contribution in [1.29, 1.82) is 0 Å². The fraction of sp³-hybridized carbons (Fsp3) is 0.190. The molecule has 2 heterocycles. The van der Waals surface area contributed by atoms with Gasteiger partial charge in [-0.05, 0) is 49.6 Å². The number of nitrogens with two attached hydrogens (primary N) is 1. The summed E-state index contributed by atoms with van der Waals surface area (Å²) >= 11 is 10.1. The number of hydrogen-bond acceptors (Lipinski definition) is 2. The van der Waals surface area contributed by atoms with Crippen molar-refractivity contribution >= 4 is 49.3 Å². The minimum atomic E-state index is 0.706. The molecule has 0 aliphatic rings. The third kappa shape index (κ3) is 3.13. The second-order valence-electron chi connectivity index (χ2n) is 6.42. The predicted octanol–water partition coefficient (Wildman–Crippen LogP) is 6.08. The zero-order valence-corrected chi connectivity index (χ0v) is 16.6. The van der Waals surface area contributed by atoms with Crippen molar-refractivity contribution in [3.8, 4) is 11.3 Å². The highest BCUT2D eigenvalue weighted by Crippen LogP contribution is 2.38. The number of para-hydroxylation sites is 1. The molecule has 26 heavy (non-hydrogen) atoms. The molecule has 0 aliphatic heterocycles. The third-order valence-electron chi connectivity index (χ3n) is 4.71. The Kier molecular flexibility index (Phi) is 4.98. The van der Waals surface area contributed by atoms with Crippen LogP contribution in [0.3, 0.4) is 0 Å². The number of nitrogens with zero attached hydrogens (tertiary/aromatic N) is 1. The van der Waals surface area contributed by atoms with Crippen molar-refractivity contribution in [2.24, 2.45) is 5.73 Å². The van der Waals surface area contributed by atoms with Gasteiger partial charge in [0.05, 0.1) is 21.7 Å². The number of hydrogen-bond donors (Lipinski definition) is 2. The van der Waals surface area contributed by atoms with Gasteiger partial charge in [-0.2, -0.15) is 0 Å². The molecule has 4 aromatic rings. The third-order valence-corrected chi connectivity index (χ3v) is 5.47. The molecule has 3 N–H and O–H groups in total. The molecule has 0 amide bonds. The standard InChI is InChI=1S/C21H19BrClN3/c22-14-11-17-15(7-1-2-9-24)20(26-21(17)18(23)12-14)16-8-3-5-13-6-4-10-25-19(13)16/h3-6,8,10-12,26H,1-2,7,9,24H2. The van der Waals surface area contributed by atoms with E-state index >= 15 is 0 Å². The van der Waals surface area contributed by atoms with E-state index in [4.69, 9.17) is 17.3 Å². The molecule has 4 rings (SSSR count). The maximum Gasteiger partial charge on any atom is 0.0795 e. The maximum atomic E-state index is 6.52. The highest BCUT2D eigenvalue weighted by Gasteiger charge is 2.17. The summed E-state index contributed by atoms with van der Waals surface area (Å²) in [6.07, 6.45) is 4.83. The summed E-state index contributed by atoms with van der Waals surface area (Å²) in [5, 5.41) is 3.00. The second-order valence-corrected chi connectivity index (χ2v) is 7.74. The molecule has 0 fully saturated rings. The van der Waals surface area contributed by atoms with Gasteiger partial charge in [-0.3, -0.25) is 4.98 Å². The SMILES string of the molecule is NCCCCc1c(-c2cccc3cccnc23)[nH]c2c(Cl)cc(Br)cc12. The predicted molar refractivity (Wildman–Crippen MR) is 114 cm³/mol. The largest absolute Gasteiger partial charge is 0.353 e. The molecule has 132 valence electrons. The lowest BCUT2D eigenvalue weighted by molar-refractivity contribution is 0.748. The number of nitrogens with one attached hydrogen (secondary N) is 1. The van der Waals surface area contributed by atoms with Crippen LogP contribution in [0.4, 0.5) is 0 Å². The molecule has 2 aromatic carbocycles. The van der Waals surface area contributed by atoms with E-state index in [0.29, 0.717) is 11.6 Å². The molecular weight excluding hydrogens is 410 g/mol. The molecule has 0 aliphatic carbocycles. The normalized spacial score (nSPS) is 11.5. The van der Waals surface area contributed by atoms with Gasteiger partial charge in [0.1, 0.15) is 0 Å². The van der Waals surface area contributed by atoms with Gasteiger partial charge < -0.3 is 10.7 Å². The number of halogens is 2. The van der Waals surface area contributed by atoms with E-state index < -0.39 is 0 Å². The Hall–Kier alpha value is -1.88. The Bertz CT molecular complexity index is 1080. The van der Waals surface area contributed by atoms with Crippen LogP contribution in [0.1, 0.15) is 18.4 Å². The first-order chi connectivity index (χ1) is 12.7. The molecule has 0 saturated heterocycles. The highest BCUT2D eigenvalue weighted by molar-refractivity contribution is 9.10. The van der Waals surface area contributed by atoms with Gasteiger partial charge in [-0.25, -0.2) is 0 Å². The van der Waals surface area contributed by atoms with Crippen LogP contribution < -0.4 is 5.73 Å². The van der Waals surface area contributed by atoms with Crippen LogP contribution in [0, 0.1) is 0 Å². The summed E-state index contributed by atoms with van der Waals surface area (Å²) in [5.41, 5.74) is 11.2. The van der Waals surface area contributed by atoms with Gasteiger partial charge >= 0.3 is 0 Å². The molecule has 2 aromatic heterocycles. The Morgan fingerprint density at radius 2 is 1.96 bits per heavy atom. The first-order valence-electron chi connectivity index (χ1n) is 8.73. The second kappa shape index (κ2) is 7.39. The van der Waals surface area contributed by atoms with Crippen molar-refractivity contribution in [1.82, 2.24) is 9.97 Å². The lowest BCUT2D eigenvalue weighted by atomic mass is 9.98. The number of H-pyrrole nitrogens is 1. The van der Waals surface area contributed by atoms with Crippen LogP contribution in [0.2, 0.25) is 5.02 Å². The zero-order chi connectivity index (χ0) is 18.1. The van der Waals surface area contributed by atoms with Gasteiger partial charge in [0, 0.05) is 27.0 Å². The number of benzene rings is 2. The molecular formula is C21H19BrClN3. The lowest BCUT2D eigenvalue weighted by Crippen LogP contribution is -1.99. The average Bonchev–Trinajstić information content (AvgIpc) is 3.00. The highest BCUT2D eigenvalue weighted by atomic mass is 79.9. The van der Waals surface area contributed by atoms with E-state index in [1.807, 2.05) is 18.3 Å². The fourth-order valence-corrected chi connectivity index (χ4v) is 4.37. The average molecular weight is 429 g/mol. The van der Waals surface area contributed by atoms with Crippen LogP contribution in [0.5, 0.6) is 0 Å². The molecule has 0 bridgehead atoms. The van der Waals surface area contributed by atoms with Crippen molar-refractivity contribution in [3.63, 3.8) is 0 Å². The fourth-order valence-electron chi connectivity index (χ4n) is 3.52. The maximum absolute atomic E-state index is 6.52. The number of fused-ring (bicyclic) bond motifs is 2. The lowest BCUT2D eigenvalue weighted by Gasteiger charge is -2.08. The van der Waals surface area contributed by atoms with Crippen LogP contribution in [0.25, 0.3) is 33.1 Å².